The molecule has 8 heteroatoms. The molecular formula is C29H37F4O4-. The lowest BCUT2D eigenvalue weighted by Gasteiger charge is -2.35. The smallest absolute Gasteiger partial charge is 0.425 e. The van der Waals surface area contributed by atoms with Crippen molar-refractivity contribution in [3.8, 4) is 0 Å². The number of unbranched alkanes of at least 4 members (excludes halogenated alkanes) is 5. The molecule has 0 bridgehead atoms. The molecule has 1 aromatic carbocycles. The Labute approximate surface area is 216 Å². The number of hydrogen-bond acceptors (Lipinski definition) is 4. The van der Waals surface area contributed by atoms with Gasteiger partial charge in [-0.15, -0.1) is 0 Å². The summed E-state index contributed by atoms with van der Waals surface area (Å²) in [6.07, 6.45) is 0.466. The Balaban J connectivity index is 2.12. The molecule has 0 radical (unpaired) electrons. The second-order valence-corrected chi connectivity index (χ2v) is 10.1. The van der Waals surface area contributed by atoms with Crippen molar-refractivity contribution in [2.75, 3.05) is 0 Å². The van der Waals surface area contributed by atoms with Crippen molar-refractivity contribution in [3.63, 3.8) is 0 Å². The van der Waals surface area contributed by atoms with Crippen molar-refractivity contribution in [1.29, 1.82) is 0 Å². The molecule has 1 aliphatic rings. The van der Waals surface area contributed by atoms with Crippen LogP contribution in [0.15, 0.2) is 42.5 Å². The molecular weight excluding hydrogens is 488 g/mol. The van der Waals surface area contributed by atoms with Gasteiger partial charge in [0, 0.05) is 0 Å². The zero-order chi connectivity index (χ0) is 27.6. The number of alkyl halides is 4. The predicted molar refractivity (Wildman–Crippen MR) is 133 cm³/mol. The predicted octanol–water partition coefficient (Wildman–Crippen LogP) is 6.53. The lowest BCUT2D eigenvalue weighted by atomic mass is 9.77. The second-order valence-electron chi connectivity index (χ2n) is 10.1. The Morgan fingerprint density at radius 1 is 1.03 bits per heavy atom. The molecule has 0 aliphatic heterocycles. The number of carbonyl (C=O) groups excluding carboxylic acids is 2. The summed E-state index contributed by atoms with van der Waals surface area (Å²) < 4.78 is 60.1. The molecule has 37 heavy (non-hydrogen) atoms. The Morgan fingerprint density at radius 3 is 2.19 bits per heavy atom. The monoisotopic (exact) mass is 525 g/mol. The minimum absolute atomic E-state index is 0.0869. The summed E-state index contributed by atoms with van der Waals surface area (Å²) in [6.45, 7) is 5.58. The van der Waals surface area contributed by atoms with E-state index in [1.165, 1.54) is 31.8 Å². The van der Waals surface area contributed by atoms with Crippen molar-refractivity contribution < 1.29 is 37.0 Å². The van der Waals surface area contributed by atoms with Gasteiger partial charge in [-0.05, 0) is 54.4 Å². The van der Waals surface area contributed by atoms with Crippen molar-refractivity contribution in [3.05, 3.63) is 53.6 Å². The molecule has 0 fully saturated rings. The highest BCUT2D eigenvalue weighted by Gasteiger charge is 2.52. The average Bonchev–Trinajstić information content (AvgIpc) is 2.83. The van der Waals surface area contributed by atoms with Gasteiger partial charge in [-0.1, -0.05) is 89.3 Å². The summed E-state index contributed by atoms with van der Waals surface area (Å²) in [5.41, 5.74) is -0.974. The lowest BCUT2D eigenvalue weighted by molar-refractivity contribution is -0.318. The molecule has 0 saturated heterocycles. The first kappa shape index (κ1) is 30.6. The van der Waals surface area contributed by atoms with E-state index >= 15 is 4.39 Å². The number of halogens is 4. The van der Waals surface area contributed by atoms with Crippen LogP contribution >= 0.6 is 0 Å². The fourth-order valence-electron chi connectivity index (χ4n) is 4.27. The Bertz CT molecular complexity index is 950. The van der Waals surface area contributed by atoms with Crippen LogP contribution in [-0.2, 0) is 20.7 Å². The number of carbonyl (C=O) groups is 2. The van der Waals surface area contributed by atoms with Gasteiger partial charge in [0.1, 0.15) is 6.17 Å². The van der Waals surface area contributed by atoms with E-state index in [2.05, 4.69) is 11.7 Å². The van der Waals surface area contributed by atoms with Gasteiger partial charge in [0.2, 0.25) is 0 Å². The second kappa shape index (κ2) is 13.8. The van der Waals surface area contributed by atoms with Crippen LogP contribution in [0.25, 0.3) is 5.57 Å². The summed E-state index contributed by atoms with van der Waals surface area (Å²) in [6, 6.07) is 7.35. The highest BCUT2D eigenvalue weighted by Crippen LogP contribution is 2.39. The van der Waals surface area contributed by atoms with Crippen molar-refractivity contribution in [1.82, 2.24) is 0 Å². The maximum Gasteiger partial charge on any atom is 0.425 e. The molecule has 4 nitrogen and oxygen atoms in total. The number of aliphatic carboxylic acids is 1. The SMILES string of the molecule is CCCCCCCCc1ccc(C2=C[C@@H](F)C(C(=O)[O-])(C(=O)OC(CCC(C)C)C(F)(F)F)C=C2)cc1. The van der Waals surface area contributed by atoms with Gasteiger partial charge in [0.15, 0.2) is 11.5 Å². The maximum absolute atomic E-state index is 15.2. The van der Waals surface area contributed by atoms with Crippen LogP contribution in [0, 0.1) is 11.3 Å². The van der Waals surface area contributed by atoms with Gasteiger partial charge in [-0.3, -0.25) is 4.79 Å². The van der Waals surface area contributed by atoms with Crippen LogP contribution in [0.1, 0.15) is 83.3 Å². The molecule has 0 saturated carbocycles. The quantitative estimate of drug-likeness (QED) is 0.120. The number of carboxylic acid groups (broad SMARTS) is 1. The zero-order valence-corrected chi connectivity index (χ0v) is 21.8. The molecule has 0 spiro atoms. The first-order valence-electron chi connectivity index (χ1n) is 13.1. The molecule has 0 N–H and O–H groups in total. The average molecular weight is 526 g/mol. The van der Waals surface area contributed by atoms with Gasteiger partial charge in [0.05, 0.1) is 5.97 Å². The van der Waals surface area contributed by atoms with E-state index in [0.29, 0.717) is 11.1 Å². The van der Waals surface area contributed by atoms with Crippen LogP contribution in [0.5, 0.6) is 0 Å². The van der Waals surface area contributed by atoms with Crippen LogP contribution in [0.3, 0.4) is 0 Å². The van der Waals surface area contributed by atoms with Crippen LogP contribution in [0.4, 0.5) is 17.6 Å². The van der Waals surface area contributed by atoms with Gasteiger partial charge in [-0.25, -0.2) is 4.39 Å². The molecule has 1 aliphatic carbocycles. The molecule has 206 valence electrons. The number of rotatable bonds is 14. The molecule has 3 atom stereocenters. The first-order valence-corrected chi connectivity index (χ1v) is 13.1. The first-order chi connectivity index (χ1) is 17.4. The van der Waals surface area contributed by atoms with Gasteiger partial charge >= 0.3 is 12.1 Å². The fourth-order valence-corrected chi connectivity index (χ4v) is 4.27. The number of benzene rings is 1. The van der Waals surface area contributed by atoms with E-state index in [1.807, 2.05) is 12.1 Å². The number of esters is 1. The molecule has 0 amide bonds. The Hall–Kier alpha value is -2.64. The topological polar surface area (TPSA) is 66.4 Å². The lowest BCUT2D eigenvalue weighted by Crippen LogP contribution is -2.55. The third kappa shape index (κ3) is 8.44. The van der Waals surface area contributed by atoms with Crippen LogP contribution in [0.2, 0.25) is 0 Å². The normalized spacial score (nSPS) is 20.5. The highest BCUT2D eigenvalue weighted by atomic mass is 19.4. The molecule has 2 unspecified atom stereocenters. The van der Waals surface area contributed by atoms with E-state index in [-0.39, 0.29) is 12.3 Å². The van der Waals surface area contributed by atoms with E-state index in [0.717, 1.165) is 37.0 Å². The molecule has 0 heterocycles. The minimum Gasteiger partial charge on any atom is -0.548 e. The summed E-state index contributed by atoms with van der Waals surface area (Å²) in [4.78, 5) is 24.6. The standard InChI is InChI=1S/C29H38F4O4/c1-4-5-6-7-8-9-10-21-12-14-22(15-13-21)23-17-18-28(26(34)35,24(30)19-23)27(36)37-25(29(31,32)33)16-11-20(2)3/h12-15,17-20,24-25H,4-11,16H2,1-3H3,(H,34,35)/p-1/t24-,25?,28?/m1/s1. The van der Waals surface area contributed by atoms with Crippen molar-refractivity contribution >= 4 is 17.5 Å². The Kier molecular flexibility index (Phi) is 11.4. The third-order valence-corrected chi connectivity index (χ3v) is 6.69. The third-order valence-electron chi connectivity index (χ3n) is 6.69. The van der Waals surface area contributed by atoms with E-state index in [9.17, 15) is 27.9 Å². The van der Waals surface area contributed by atoms with E-state index in [1.54, 1.807) is 26.0 Å². The number of hydrogen-bond donors (Lipinski definition) is 0. The van der Waals surface area contributed by atoms with Gasteiger partial charge in [0.25, 0.3) is 0 Å². The fraction of sp³-hybridized carbons (Fsp3) is 0.586. The van der Waals surface area contributed by atoms with E-state index in [4.69, 9.17) is 0 Å². The molecule has 2 rings (SSSR count). The zero-order valence-electron chi connectivity index (χ0n) is 21.8. The van der Waals surface area contributed by atoms with Crippen molar-refractivity contribution in [2.45, 2.75) is 97.0 Å². The minimum atomic E-state index is -4.92. The summed E-state index contributed by atoms with van der Waals surface area (Å²) in [5.74, 6) is -4.09. The van der Waals surface area contributed by atoms with Crippen LogP contribution in [-0.4, -0.2) is 30.4 Å². The maximum atomic E-state index is 15.2. The van der Waals surface area contributed by atoms with Crippen molar-refractivity contribution in [2.24, 2.45) is 11.3 Å². The summed E-state index contributed by atoms with van der Waals surface area (Å²) >= 11 is 0. The number of ether oxygens (including phenoxy) is 1. The molecule has 1 aromatic rings. The Morgan fingerprint density at radius 2 is 1.65 bits per heavy atom. The van der Waals surface area contributed by atoms with Gasteiger partial charge < -0.3 is 14.6 Å². The summed E-state index contributed by atoms with van der Waals surface area (Å²) in [7, 11) is 0. The van der Waals surface area contributed by atoms with E-state index < -0.39 is 42.2 Å². The number of allylic oxidation sites excluding steroid dienone is 3. The van der Waals surface area contributed by atoms with Crippen LogP contribution < -0.4 is 5.11 Å². The number of carboxylic acids is 1. The summed E-state index contributed by atoms with van der Waals surface area (Å²) in [5, 5.41) is 11.9. The highest BCUT2D eigenvalue weighted by molar-refractivity contribution is 6.03. The number of aryl methyl sites for hydroxylation is 1. The largest absolute Gasteiger partial charge is 0.548 e. The molecule has 0 aromatic heterocycles. The van der Waals surface area contributed by atoms with Gasteiger partial charge in [-0.2, -0.15) is 13.2 Å².